The number of esters is 1. The van der Waals surface area contributed by atoms with Crippen LogP contribution in [0.4, 0.5) is 9.18 Å². The van der Waals surface area contributed by atoms with Crippen LogP contribution in [0.1, 0.15) is 19.8 Å². The Morgan fingerprint density at radius 3 is 2.71 bits per heavy atom. The third kappa shape index (κ3) is 3.87. The molecule has 98 valence electrons. The third-order valence-electron chi connectivity index (χ3n) is 2.84. The third-order valence-corrected chi connectivity index (χ3v) is 2.84. The molecule has 1 aliphatic rings. The van der Waals surface area contributed by atoms with Crippen LogP contribution in [0.15, 0.2) is 0 Å². The SMILES string of the molecule is CCOC(=O)CC1CCN(C(=O)OC)CC1F. The highest BCUT2D eigenvalue weighted by Gasteiger charge is 2.33. The molecule has 1 amide bonds. The summed E-state index contributed by atoms with van der Waals surface area (Å²) < 4.78 is 23.0. The van der Waals surface area contributed by atoms with Crippen molar-refractivity contribution in [1.29, 1.82) is 0 Å². The van der Waals surface area contributed by atoms with Crippen LogP contribution in [0.5, 0.6) is 0 Å². The van der Waals surface area contributed by atoms with Crippen LogP contribution in [-0.4, -0.2) is 49.9 Å². The molecule has 0 aromatic heterocycles. The summed E-state index contributed by atoms with van der Waals surface area (Å²) in [5.74, 6) is -0.748. The molecule has 0 aromatic carbocycles. The second-order valence-electron chi connectivity index (χ2n) is 3.99. The summed E-state index contributed by atoms with van der Waals surface area (Å²) >= 11 is 0. The van der Waals surface area contributed by atoms with Gasteiger partial charge in [-0.1, -0.05) is 0 Å². The summed E-state index contributed by atoms with van der Waals surface area (Å²) in [6.07, 6.45) is -1.20. The van der Waals surface area contributed by atoms with Gasteiger partial charge in [-0.05, 0) is 13.3 Å². The van der Waals surface area contributed by atoms with Gasteiger partial charge in [0.05, 0.1) is 26.7 Å². The van der Waals surface area contributed by atoms with Gasteiger partial charge in [-0.25, -0.2) is 9.18 Å². The van der Waals surface area contributed by atoms with E-state index in [1.807, 2.05) is 0 Å². The maximum absolute atomic E-state index is 13.7. The van der Waals surface area contributed by atoms with E-state index in [9.17, 15) is 14.0 Å². The molecule has 2 atom stereocenters. The molecule has 0 bridgehead atoms. The first-order chi connectivity index (χ1) is 8.08. The molecule has 1 rings (SSSR count). The summed E-state index contributed by atoms with van der Waals surface area (Å²) in [6, 6.07) is 0. The van der Waals surface area contributed by atoms with Crippen LogP contribution < -0.4 is 0 Å². The predicted octanol–water partition coefficient (Wildman–Crippen LogP) is 1.37. The van der Waals surface area contributed by atoms with E-state index in [0.717, 1.165) is 0 Å². The minimum atomic E-state index is -1.20. The molecule has 0 saturated carbocycles. The summed E-state index contributed by atoms with van der Waals surface area (Å²) in [7, 11) is 1.26. The predicted molar refractivity (Wildman–Crippen MR) is 58.2 cm³/mol. The average molecular weight is 247 g/mol. The first-order valence-electron chi connectivity index (χ1n) is 5.71. The van der Waals surface area contributed by atoms with Gasteiger partial charge in [0, 0.05) is 12.5 Å². The molecule has 0 N–H and O–H groups in total. The first-order valence-corrected chi connectivity index (χ1v) is 5.71. The molecule has 0 spiro atoms. The molecule has 5 nitrogen and oxygen atoms in total. The number of halogens is 1. The van der Waals surface area contributed by atoms with E-state index < -0.39 is 12.3 Å². The van der Waals surface area contributed by atoms with E-state index in [-0.39, 0.29) is 24.9 Å². The summed E-state index contributed by atoms with van der Waals surface area (Å²) in [5, 5.41) is 0. The number of hydrogen-bond acceptors (Lipinski definition) is 4. The number of hydrogen-bond donors (Lipinski definition) is 0. The van der Waals surface area contributed by atoms with Crippen molar-refractivity contribution in [2.75, 3.05) is 26.8 Å². The number of carbonyl (C=O) groups is 2. The Balaban J connectivity index is 2.42. The van der Waals surface area contributed by atoms with Crippen molar-refractivity contribution in [3.8, 4) is 0 Å². The molecule has 1 heterocycles. The second kappa shape index (κ2) is 6.42. The van der Waals surface area contributed by atoms with Gasteiger partial charge in [0.2, 0.25) is 0 Å². The average Bonchev–Trinajstić information content (AvgIpc) is 2.31. The Hall–Kier alpha value is -1.33. The zero-order valence-corrected chi connectivity index (χ0v) is 10.1. The van der Waals surface area contributed by atoms with E-state index in [1.165, 1.54) is 12.0 Å². The monoisotopic (exact) mass is 247 g/mol. The lowest BCUT2D eigenvalue weighted by molar-refractivity contribution is -0.145. The topological polar surface area (TPSA) is 55.8 Å². The van der Waals surface area contributed by atoms with Crippen LogP contribution in [0.25, 0.3) is 0 Å². The van der Waals surface area contributed by atoms with Crippen LogP contribution in [0, 0.1) is 5.92 Å². The minimum Gasteiger partial charge on any atom is -0.466 e. The Kier molecular flexibility index (Phi) is 5.18. The van der Waals surface area contributed by atoms with Crippen LogP contribution in [0.2, 0.25) is 0 Å². The molecule has 1 fully saturated rings. The van der Waals surface area contributed by atoms with Crippen LogP contribution in [-0.2, 0) is 14.3 Å². The van der Waals surface area contributed by atoms with Gasteiger partial charge in [-0.3, -0.25) is 4.79 Å². The zero-order valence-electron chi connectivity index (χ0n) is 10.1. The standard InChI is InChI=1S/C11H18FNO4/c1-3-17-10(14)6-8-4-5-13(7-9(8)12)11(15)16-2/h8-9H,3-7H2,1-2H3. The lowest BCUT2D eigenvalue weighted by Crippen LogP contribution is -2.45. The highest BCUT2D eigenvalue weighted by Crippen LogP contribution is 2.24. The minimum absolute atomic E-state index is 0.0171. The zero-order chi connectivity index (χ0) is 12.8. The number of carbonyl (C=O) groups excluding carboxylic acids is 2. The quantitative estimate of drug-likeness (QED) is 0.707. The number of ether oxygens (including phenoxy) is 2. The second-order valence-corrected chi connectivity index (χ2v) is 3.99. The van der Waals surface area contributed by atoms with Crippen LogP contribution in [0.3, 0.4) is 0 Å². The van der Waals surface area contributed by atoms with Crippen molar-refractivity contribution in [2.45, 2.75) is 25.9 Å². The Labute approximate surface area is 99.9 Å². The Morgan fingerprint density at radius 2 is 2.18 bits per heavy atom. The fraction of sp³-hybridized carbons (Fsp3) is 0.818. The maximum Gasteiger partial charge on any atom is 0.409 e. The molecule has 0 radical (unpaired) electrons. The summed E-state index contributed by atoms with van der Waals surface area (Å²) in [6.45, 7) is 2.41. The molecular weight excluding hydrogens is 229 g/mol. The lowest BCUT2D eigenvalue weighted by Gasteiger charge is -2.33. The molecule has 6 heteroatoms. The lowest BCUT2D eigenvalue weighted by atomic mass is 9.92. The van der Waals surface area contributed by atoms with E-state index in [4.69, 9.17) is 4.74 Å². The van der Waals surface area contributed by atoms with Crippen molar-refractivity contribution in [1.82, 2.24) is 4.90 Å². The highest BCUT2D eigenvalue weighted by atomic mass is 19.1. The van der Waals surface area contributed by atoms with E-state index >= 15 is 0 Å². The summed E-state index contributed by atoms with van der Waals surface area (Å²) in [4.78, 5) is 23.7. The summed E-state index contributed by atoms with van der Waals surface area (Å²) in [5.41, 5.74) is 0. The van der Waals surface area contributed by atoms with E-state index in [1.54, 1.807) is 6.92 Å². The fourth-order valence-corrected chi connectivity index (χ4v) is 1.91. The molecular formula is C11H18FNO4. The number of amides is 1. The largest absolute Gasteiger partial charge is 0.466 e. The number of nitrogens with zero attached hydrogens (tertiary/aromatic N) is 1. The number of rotatable bonds is 3. The molecule has 0 aliphatic carbocycles. The molecule has 1 aliphatic heterocycles. The van der Waals surface area contributed by atoms with Gasteiger partial charge < -0.3 is 14.4 Å². The molecule has 2 unspecified atom stereocenters. The Bertz CT molecular complexity index is 285. The van der Waals surface area contributed by atoms with Gasteiger partial charge in [-0.15, -0.1) is 0 Å². The number of piperidine rings is 1. The van der Waals surface area contributed by atoms with Crippen molar-refractivity contribution in [3.05, 3.63) is 0 Å². The number of methoxy groups -OCH3 is 1. The van der Waals surface area contributed by atoms with Gasteiger partial charge in [0.25, 0.3) is 0 Å². The van der Waals surface area contributed by atoms with Gasteiger partial charge in [0.1, 0.15) is 6.17 Å². The van der Waals surface area contributed by atoms with Crippen molar-refractivity contribution in [3.63, 3.8) is 0 Å². The van der Waals surface area contributed by atoms with Crippen LogP contribution >= 0.6 is 0 Å². The molecule has 0 aromatic rings. The van der Waals surface area contributed by atoms with E-state index in [0.29, 0.717) is 19.6 Å². The Morgan fingerprint density at radius 1 is 1.47 bits per heavy atom. The van der Waals surface area contributed by atoms with Crippen molar-refractivity contribution in [2.24, 2.45) is 5.92 Å². The normalized spacial score (nSPS) is 24.3. The van der Waals surface area contributed by atoms with Crippen molar-refractivity contribution < 1.29 is 23.5 Å². The van der Waals surface area contributed by atoms with Gasteiger partial charge >= 0.3 is 12.1 Å². The fourth-order valence-electron chi connectivity index (χ4n) is 1.91. The molecule has 17 heavy (non-hydrogen) atoms. The van der Waals surface area contributed by atoms with Gasteiger partial charge in [-0.2, -0.15) is 0 Å². The highest BCUT2D eigenvalue weighted by molar-refractivity contribution is 5.70. The maximum atomic E-state index is 13.7. The van der Waals surface area contributed by atoms with E-state index in [2.05, 4.69) is 4.74 Å². The first kappa shape index (κ1) is 13.7. The molecule has 1 saturated heterocycles. The number of likely N-dealkylation sites (tertiary alicyclic amines) is 1. The van der Waals surface area contributed by atoms with Crippen molar-refractivity contribution >= 4 is 12.1 Å². The number of alkyl halides is 1. The smallest absolute Gasteiger partial charge is 0.409 e. The van der Waals surface area contributed by atoms with Gasteiger partial charge in [0.15, 0.2) is 0 Å².